The molecule has 1 aliphatic rings. The molecule has 1 aliphatic heterocycles. The van der Waals surface area contributed by atoms with Crippen LogP contribution in [0, 0.1) is 5.92 Å². The molecule has 16 heavy (non-hydrogen) atoms. The van der Waals surface area contributed by atoms with E-state index in [0.717, 1.165) is 12.8 Å². The zero-order chi connectivity index (χ0) is 11.6. The van der Waals surface area contributed by atoms with Gasteiger partial charge < -0.3 is 0 Å². The van der Waals surface area contributed by atoms with Gasteiger partial charge in [-0.05, 0) is 30.2 Å². The highest BCUT2D eigenvalue weighted by Crippen LogP contribution is 2.30. The lowest BCUT2D eigenvalue weighted by atomic mass is 9.99. The molecule has 0 aromatic carbocycles. The molecular formula is C10H16N2O2S2. The first kappa shape index (κ1) is 12.0. The second-order valence-corrected chi connectivity index (χ2v) is 7.45. The first-order chi connectivity index (χ1) is 7.61. The third-order valence-corrected chi connectivity index (χ3v) is 5.81. The first-order valence-corrected chi connectivity index (χ1v) is 8.01. The number of hydrazine groups is 1. The topological polar surface area (TPSA) is 72.2 Å². The van der Waals surface area contributed by atoms with E-state index in [9.17, 15) is 8.42 Å². The van der Waals surface area contributed by atoms with E-state index in [0.29, 0.717) is 11.5 Å². The third kappa shape index (κ3) is 2.82. The summed E-state index contributed by atoms with van der Waals surface area (Å²) in [7, 11) is -2.78. The molecule has 1 fully saturated rings. The maximum absolute atomic E-state index is 11.3. The van der Waals surface area contributed by atoms with E-state index in [1.54, 1.807) is 11.3 Å². The molecule has 2 unspecified atom stereocenters. The molecule has 3 N–H and O–H groups in total. The van der Waals surface area contributed by atoms with Crippen LogP contribution in [-0.4, -0.2) is 19.9 Å². The van der Waals surface area contributed by atoms with Gasteiger partial charge in [0.25, 0.3) is 0 Å². The molecule has 90 valence electrons. The van der Waals surface area contributed by atoms with E-state index >= 15 is 0 Å². The molecule has 0 saturated carbocycles. The van der Waals surface area contributed by atoms with Crippen molar-refractivity contribution < 1.29 is 8.42 Å². The van der Waals surface area contributed by atoms with Crippen LogP contribution in [0.1, 0.15) is 23.8 Å². The average molecular weight is 260 g/mol. The lowest BCUT2D eigenvalue weighted by Crippen LogP contribution is -2.29. The van der Waals surface area contributed by atoms with Gasteiger partial charge in [-0.15, -0.1) is 11.3 Å². The lowest BCUT2D eigenvalue weighted by molar-refractivity contribution is 0.426. The van der Waals surface area contributed by atoms with Gasteiger partial charge in [0.15, 0.2) is 9.84 Å². The lowest BCUT2D eigenvalue weighted by Gasteiger charge is -2.17. The van der Waals surface area contributed by atoms with Gasteiger partial charge in [-0.3, -0.25) is 11.3 Å². The minimum absolute atomic E-state index is 0.0818. The van der Waals surface area contributed by atoms with E-state index in [4.69, 9.17) is 5.84 Å². The first-order valence-electron chi connectivity index (χ1n) is 5.30. The normalized spacial score (nSPS) is 25.7. The number of nitrogens with two attached hydrogens (primary N) is 1. The fourth-order valence-corrected chi connectivity index (χ4v) is 4.83. The van der Waals surface area contributed by atoms with E-state index in [2.05, 4.69) is 5.43 Å². The van der Waals surface area contributed by atoms with Crippen LogP contribution >= 0.6 is 11.3 Å². The summed E-state index contributed by atoms with van der Waals surface area (Å²) in [5.74, 6) is 6.41. The second kappa shape index (κ2) is 4.83. The number of rotatable bonds is 4. The van der Waals surface area contributed by atoms with Crippen LogP contribution in [0.25, 0.3) is 0 Å². The van der Waals surface area contributed by atoms with Gasteiger partial charge in [-0.25, -0.2) is 8.42 Å². The number of thiophene rings is 1. The predicted molar refractivity (Wildman–Crippen MR) is 65.8 cm³/mol. The molecule has 2 rings (SSSR count). The Bertz CT molecular complexity index is 428. The smallest absolute Gasteiger partial charge is 0.150 e. The molecule has 1 saturated heterocycles. The minimum Gasteiger partial charge on any atom is -0.271 e. The standard InChI is InChI=1S/C10H16N2O2S2/c11-12-9(10-2-1-4-15-10)6-8-3-5-16(13,14)7-8/h1-2,4,8-9,12H,3,5-7,11H2. The van der Waals surface area contributed by atoms with E-state index < -0.39 is 9.84 Å². The third-order valence-electron chi connectivity index (χ3n) is 2.98. The molecule has 0 spiro atoms. The van der Waals surface area contributed by atoms with E-state index in [1.807, 2.05) is 17.5 Å². The predicted octanol–water partition coefficient (Wildman–Crippen LogP) is 1.08. The molecule has 6 heteroatoms. The summed E-state index contributed by atoms with van der Waals surface area (Å²) in [5, 5.41) is 2.01. The summed E-state index contributed by atoms with van der Waals surface area (Å²) in [6, 6.07) is 4.09. The summed E-state index contributed by atoms with van der Waals surface area (Å²) in [6.45, 7) is 0. The molecule has 0 amide bonds. The number of nitrogens with one attached hydrogen (secondary N) is 1. The summed E-state index contributed by atoms with van der Waals surface area (Å²) in [5.41, 5.74) is 2.77. The molecule has 2 heterocycles. The van der Waals surface area contributed by atoms with Crippen molar-refractivity contribution in [3.8, 4) is 0 Å². The Hall–Kier alpha value is -0.430. The van der Waals surface area contributed by atoms with Crippen LogP contribution in [0.2, 0.25) is 0 Å². The molecule has 0 radical (unpaired) electrons. The summed E-state index contributed by atoms with van der Waals surface area (Å²) >= 11 is 1.65. The van der Waals surface area contributed by atoms with Gasteiger partial charge >= 0.3 is 0 Å². The molecule has 1 aromatic rings. The van der Waals surface area contributed by atoms with E-state index in [-0.39, 0.29) is 12.0 Å². The van der Waals surface area contributed by atoms with Gasteiger partial charge in [0.1, 0.15) is 0 Å². The SMILES string of the molecule is NNC(CC1CCS(=O)(=O)C1)c1cccs1. The van der Waals surface area contributed by atoms with Crippen LogP contribution in [0.4, 0.5) is 0 Å². The van der Waals surface area contributed by atoms with Gasteiger partial charge in [0.2, 0.25) is 0 Å². The molecule has 2 atom stereocenters. The van der Waals surface area contributed by atoms with Gasteiger partial charge in [0.05, 0.1) is 17.5 Å². The van der Waals surface area contributed by atoms with Gasteiger partial charge in [-0.2, -0.15) is 0 Å². The monoisotopic (exact) mass is 260 g/mol. The average Bonchev–Trinajstić information content (AvgIpc) is 2.84. The molecule has 4 nitrogen and oxygen atoms in total. The number of hydrogen-bond donors (Lipinski definition) is 2. The zero-order valence-electron chi connectivity index (χ0n) is 8.93. The van der Waals surface area contributed by atoms with Crippen LogP contribution in [0.15, 0.2) is 17.5 Å². The fourth-order valence-electron chi connectivity index (χ4n) is 2.15. The molecular weight excluding hydrogens is 244 g/mol. The van der Waals surface area contributed by atoms with Crippen molar-refractivity contribution >= 4 is 21.2 Å². The Morgan fingerprint density at radius 3 is 2.94 bits per heavy atom. The molecule has 1 aromatic heterocycles. The van der Waals surface area contributed by atoms with Crippen molar-refractivity contribution in [2.24, 2.45) is 11.8 Å². The summed E-state index contributed by atoms with van der Waals surface area (Å²) < 4.78 is 22.7. The van der Waals surface area contributed by atoms with Crippen molar-refractivity contribution in [2.45, 2.75) is 18.9 Å². The van der Waals surface area contributed by atoms with Crippen molar-refractivity contribution in [1.29, 1.82) is 0 Å². The van der Waals surface area contributed by atoms with Crippen LogP contribution in [-0.2, 0) is 9.84 Å². The van der Waals surface area contributed by atoms with Gasteiger partial charge in [0, 0.05) is 4.88 Å². The Kier molecular flexibility index (Phi) is 3.63. The highest BCUT2D eigenvalue weighted by atomic mass is 32.2. The van der Waals surface area contributed by atoms with Crippen LogP contribution in [0.3, 0.4) is 0 Å². The Morgan fingerprint density at radius 2 is 2.44 bits per heavy atom. The molecule has 0 aliphatic carbocycles. The van der Waals surface area contributed by atoms with Crippen LogP contribution in [0.5, 0.6) is 0 Å². The zero-order valence-corrected chi connectivity index (χ0v) is 10.6. The largest absolute Gasteiger partial charge is 0.271 e. The van der Waals surface area contributed by atoms with Crippen molar-refractivity contribution in [3.63, 3.8) is 0 Å². The maximum atomic E-state index is 11.3. The van der Waals surface area contributed by atoms with Crippen LogP contribution < -0.4 is 11.3 Å². The highest BCUT2D eigenvalue weighted by Gasteiger charge is 2.30. The summed E-state index contributed by atoms with van der Waals surface area (Å²) in [4.78, 5) is 1.17. The Morgan fingerprint density at radius 1 is 1.62 bits per heavy atom. The van der Waals surface area contributed by atoms with Crippen molar-refractivity contribution in [1.82, 2.24) is 5.43 Å². The Labute approximate surface area is 99.7 Å². The maximum Gasteiger partial charge on any atom is 0.150 e. The molecule has 0 bridgehead atoms. The van der Waals surface area contributed by atoms with Crippen molar-refractivity contribution in [3.05, 3.63) is 22.4 Å². The number of hydrogen-bond acceptors (Lipinski definition) is 5. The van der Waals surface area contributed by atoms with Crippen molar-refractivity contribution in [2.75, 3.05) is 11.5 Å². The second-order valence-electron chi connectivity index (χ2n) is 4.24. The van der Waals surface area contributed by atoms with Gasteiger partial charge in [-0.1, -0.05) is 6.07 Å². The number of sulfone groups is 1. The fraction of sp³-hybridized carbons (Fsp3) is 0.600. The highest BCUT2D eigenvalue weighted by molar-refractivity contribution is 7.91. The Balaban J connectivity index is 1.98. The summed E-state index contributed by atoms with van der Waals surface area (Å²) in [6.07, 6.45) is 1.57. The minimum atomic E-state index is -2.78. The quantitative estimate of drug-likeness (QED) is 0.627. The van der Waals surface area contributed by atoms with E-state index in [1.165, 1.54) is 4.88 Å².